The SMILES string of the molecule is C1=Cc2c(c3ccccc3c3c2c2ccccc2n3-c2ccc3oc4c(-c5ccccc5)nc(-c5ccccc5)nc4c3c2)CC1. The third kappa shape index (κ3) is 3.61. The molecule has 0 saturated heterocycles. The van der Waals surface area contributed by atoms with Crippen LogP contribution in [0.4, 0.5) is 0 Å². The van der Waals surface area contributed by atoms with E-state index in [0.29, 0.717) is 11.4 Å². The summed E-state index contributed by atoms with van der Waals surface area (Å²) in [4.78, 5) is 10.2. The van der Waals surface area contributed by atoms with Crippen LogP contribution in [0, 0.1) is 0 Å². The molecule has 0 amide bonds. The van der Waals surface area contributed by atoms with Gasteiger partial charge in [-0.05, 0) is 53.6 Å². The standard InChI is InChI=1S/C42H27N3O/c1-3-13-26(14-4-1)38-41-39(44-42(43-38)27-15-5-2-6-16-27)34-25-28(23-24-36(34)46-41)45-35-22-12-11-21-33(35)37-31-19-9-7-17-29(31)30-18-8-10-20-32(30)40(37)45/h1-6,8-16,18-25H,7,17H2. The number of aromatic nitrogens is 3. The van der Waals surface area contributed by atoms with Crippen LogP contribution in [0.5, 0.6) is 0 Å². The van der Waals surface area contributed by atoms with Crippen molar-refractivity contribution >= 4 is 60.7 Å². The lowest BCUT2D eigenvalue weighted by atomic mass is 9.88. The molecule has 0 N–H and O–H groups in total. The monoisotopic (exact) mass is 589 g/mol. The Balaban J connectivity index is 1.32. The molecule has 46 heavy (non-hydrogen) atoms. The lowest BCUT2D eigenvalue weighted by molar-refractivity contribution is 0.667. The predicted molar refractivity (Wildman–Crippen MR) is 189 cm³/mol. The van der Waals surface area contributed by atoms with Crippen LogP contribution in [0.3, 0.4) is 0 Å². The first-order chi connectivity index (χ1) is 22.8. The minimum absolute atomic E-state index is 0.682. The zero-order valence-electron chi connectivity index (χ0n) is 24.9. The number of benzene rings is 6. The summed E-state index contributed by atoms with van der Waals surface area (Å²) in [6.07, 6.45) is 6.79. The molecule has 9 aromatic rings. The van der Waals surface area contributed by atoms with E-state index in [4.69, 9.17) is 14.4 Å². The highest BCUT2D eigenvalue weighted by molar-refractivity contribution is 6.23. The van der Waals surface area contributed by atoms with E-state index in [1.807, 2.05) is 36.4 Å². The third-order valence-corrected chi connectivity index (χ3v) is 9.46. The number of hydrogen-bond acceptors (Lipinski definition) is 3. The highest BCUT2D eigenvalue weighted by atomic mass is 16.3. The van der Waals surface area contributed by atoms with Gasteiger partial charge >= 0.3 is 0 Å². The average molecular weight is 590 g/mol. The summed E-state index contributed by atoms with van der Waals surface area (Å²) in [7, 11) is 0. The Hall–Kier alpha value is -6.00. The van der Waals surface area contributed by atoms with Crippen LogP contribution in [0.15, 0.2) is 138 Å². The van der Waals surface area contributed by atoms with E-state index in [9.17, 15) is 0 Å². The van der Waals surface area contributed by atoms with E-state index in [-0.39, 0.29) is 0 Å². The van der Waals surface area contributed by atoms with Crippen LogP contribution in [0.1, 0.15) is 17.5 Å². The lowest BCUT2D eigenvalue weighted by Crippen LogP contribution is -1.99. The summed E-state index contributed by atoms with van der Waals surface area (Å²) in [5, 5.41) is 6.17. The fourth-order valence-electron chi connectivity index (χ4n) is 7.45. The maximum atomic E-state index is 6.58. The number of fused-ring (bicyclic) bond motifs is 11. The summed E-state index contributed by atoms with van der Waals surface area (Å²) in [5.74, 6) is 0.682. The van der Waals surface area contributed by atoms with Gasteiger partial charge in [-0.25, -0.2) is 9.97 Å². The first kappa shape index (κ1) is 25.3. The van der Waals surface area contributed by atoms with Gasteiger partial charge in [0.2, 0.25) is 0 Å². The van der Waals surface area contributed by atoms with Crippen molar-refractivity contribution in [2.24, 2.45) is 0 Å². The second-order valence-electron chi connectivity index (χ2n) is 12.0. The Bertz CT molecular complexity index is 2680. The molecule has 0 aliphatic heterocycles. The minimum atomic E-state index is 0.682. The van der Waals surface area contributed by atoms with Crippen LogP contribution >= 0.6 is 0 Å². The van der Waals surface area contributed by atoms with Gasteiger partial charge in [-0.2, -0.15) is 0 Å². The Morgan fingerprint density at radius 3 is 2.17 bits per heavy atom. The van der Waals surface area contributed by atoms with Crippen molar-refractivity contribution in [1.82, 2.24) is 14.5 Å². The van der Waals surface area contributed by atoms with Crippen molar-refractivity contribution < 1.29 is 4.42 Å². The molecule has 1 aliphatic rings. The summed E-state index contributed by atoms with van der Waals surface area (Å²) < 4.78 is 9.01. The first-order valence-electron chi connectivity index (χ1n) is 15.8. The first-order valence-corrected chi connectivity index (χ1v) is 15.8. The summed E-state index contributed by atoms with van der Waals surface area (Å²) in [6.45, 7) is 0. The molecule has 0 unspecified atom stereocenters. The fraction of sp³-hybridized carbons (Fsp3) is 0.0476. The van der Waals surface area contributed by atoms with Crippen LogP contribution < -0.4 is 0 Å². The Morgan fingerprint density at radius 2 is 1.35 bits per heavy atom. The van der Waals surface area contributed by atoms with Gasteiger partial charge in [-0.1, -0.05) is 115 Å². The zero-order valence-corrected chi connectivity index (χ0v) is 24.9. The quantitative estimate of drug-likeness (QED) is 0.206. The van der Waals surface area contributed by atoms with E-state index in [1.54, 1.807) is 0 Å². The Morgan fingerprint density at radius 1 is 0.630 bits per heavy atom. The predicted octanol–water partition coefficient (Wildman–Crippen LogP) is 10.9. The van der Waals surface area contributed by atoms with Crippen molar-refractivity contribution in [3.63, 3.8) is 0 Å². The summed E-state index contributed by atoms with van der Waals surface area (Å²) in [5.41, 5.74) is 11.4. The number of aryl methyl sites for hydroxylation is 1. The lowest BCUT2D eigenvalue weighted by Gasteiger charge is -2.17. The largest absolute Gasteiger partial charge is 0.452 e. The highest BCUT2D eigenvalue weighted by Gasteiger charge is 2.23. The van der Waals surface area contributed by atoms with Gasteiger partial charge in [0, 0.05) is 38.4 Å². The number of hydrogen-bond donors (Lipinski definition) is 0. The van der Waals surface area contributed by atoms with Crippen LogP contribution in [-0.4, -0.2) is 14.5 Å². The van der Waals surface area contributed by atoms with Gasteiger partial charge in [0.25, 0.3) is 0 Å². The molecular formula is C42H27N3O. The number of allylic oxidation sites excluding steroid dienone is 1. The smallest absolute Gasteiger partial charge is 0.180 e. The molecule has 0 atom stereocenters. The van der Waals surface area contributed by atoms with Crippen LogP contribution in [0.2, 0.25) is 0 Å². The molecule has 4 nitrogen and oxygen atoms in total. The van der Waals surface area contributed by atoms with Crippen LogP contribution in [-0.2, 0) is 6.42 Å². The number of rotatable bonds is 3. The second kappa shape index (κ2) is 9.75. The molecule has 1 aliphatic carbocycles. The second-order valence-corrected chi connectivity index (χ2v) is 12.0. The summed E-state index contributed by atoms with van der Waals surface area (Å²) in [6, 6.07) is 44.6. The molecular weight excluding hydrogens is 562 g/mol. The highest BCUT2D eigenvalue weighted by Crippen LogP contribution is 2.44. The summed E-state index contributed by atoms with van der Waals surface area (Å²) >= 11 is 0. The third-order valence-electron chi connectivity index (χ3n) is 9.46. The van der Waals surface area contributed by atoms with Gasteiger partial charge in [0.05, 0.1) is 11.0 Å². The molecule has 0 fully saturated rings. The topological polar surface area (TPSA) is 43.9 Å². The molecule has 4 heteroatoms. The fourth-order valence-corrected chi connectivity index (χ4v) is 7.45. The van der Waals surface area contributed by atoms with Gasteiger partial charge < -0.3 is 8.98 Å². The maximum Gasteiger partial charge on any atom is 0.180 e. The minimum Gasteiger partial charge on any atom is -0.452 e. The van der Waals surface area contributed by atoms with Crippen molar-refractivity contribution in [2.75, 3.05) is 0 Å². The molecule has 216 valence electrons. The van der Waals surface area contributed by atoms with E-state index < -0.39 is 0 Å². The van der Waals surface area contributed by atoms with Crippen molar-refractivity contribution in [1.29, 1.82) is 0 Å². The normalized spacial score (nSPS) is 13.0. The molecule has 6 aromatic carbocycles. The molecule has 0 saturated carbocycles. The number of para-hydroxylation sites is 1. The van der Waals surface area contributed by atoms with Crippen molar-refractivity contribution in [3.05, 3.63) is 145 Å². The molecule has 3 aromatic heterocycles. The van der Waals surface area contributed by atoms with E-state index >= 15 is 0 Å². The van der Waals surface area contributed by atoms with E-state index in [0.717, 1.165) is 51.8 Å². The van der Waals surface area contributed by atoms with Gasteiger partial charge in [-0.3, -0.25) is 0 Å². The molecule has 10 rings (SSSR count). The molecule has 0 radical (unpaired) electrons. The molecule has 0 spiro atoms. The van der Waals surface area contributed by atoms with Gasteiger partial charge in [-0.15, -0.1) is 0 Å². The Labute approximate surface area is 264 Å². The van der Waals surface area contributed by atoms with Gasteiger partial charge in [0.1, 0.15) is 16.8 Å². The van der Waals surface area contributed by atoms with E-state index in [2.05, 4.69) is 108 Å². The van der Waals surface area contributed by atoms with Crippen molar-refractivity contribution in [2.45, 2.75) is 12.8 Å². The molecule has 0 bridgehead atoms. The van der Waals surface area contributed by atoms with Crippen molar-refractivity contribution in [3.8, 4) is 28.3 Å². The van der Waals surface area contributed by atoms with E-state index in [1.165, 1.54) is 43.7 Å². The number of furan rings is 1. The van der Waals surface area contributed by atoms with Gasteiger partial charge in [0.15, 0.2) is 11.4 Å². The number of nitrogens with zero attached hydrogens (tertiary/aromatic N) is 3. The van der Waals surface area contributed by atoms with Crippen LogP contribution in [0.25, 0.3) is 89.1 Å². The maximum absolute atomic E-state index is 6.58. The Kier molecular flexibility index (Phi) is 5.37. The average Bonchev–Trinajstić information content (AvgIpc) is 3.68. The zero-order chi connectivity index (χ0) is 30.2. The molecule has 3 heterocycles.